The summed E-state index contributed by atoms with van der Waals surface area (Å²) in [5, 5.41) is 0. The number of aryl methyl sites for hydroxylation is 2. The van der Waals surface area contributed by atoms with Gasteiger partial charge in [-0.25, -0.2) is 0 Å². The fourth-order valence-electron chi connectivity index (χ4n) is 2.73. The molecule has 1 heterocycles. The van der Waals surface area contributed by atoms with Crippen LogP contribution >= 0.6 is 11.5 Å². The molecule has 0 atom stereocenters. The predicted octanol–water partition coefficient (Wildman–Crippen LogP) is 3.83. The van der Waals surface area contributed by atoms with E-state index in [1.807, 2.05) is 48.8 Å². The number of aromatic nitrogens is 2. The lowest BCUT2D eigenvalue weighted by Gasteiger charge is -2.13. The number of carbonyl (C=O) groups is 1. The van der Waals surface area contributed by atoms with Gasteiger partial charge in [0.1, 0.15) is 0 Å². The zero-order valence-corrected chi connectivity index (χ0v) is 14.7. The summed E-state index contributed by atoms with van der Waals surface area (Å²) < 4.78 is 5.06. The summed E-state index contributed by atoms with van der Waals surface area (Å²) in [5.74, 6) is 0.0743. The van der Waals surface area contributed by atoms with Crippen molar-refractivity contribution in [3.63, 3.8) is 0 Å². The van der Waals surface area contributed by atoms with E-state index in [1.54, 1.807) is 11.5 Å². The third-order valence-electron chi connectivity index (χ3n) is 3.75. The second-order valence-electron chi connectivity index (χ2n) is 6.02. The highest BCUT2D eigenvalue weighted by molar-refractivity contribution is 7.13. The molecule has 3 rings (SSSR count). The van der Waals surface area contributed by atoms with Crippen molar-refractivity contribution >= 4 is 38.7 Å². The molecule has 0 amide bonds. The first-order chi connectivity index (χ1) is 11.0. The van der Waals surface area contributed by atoms with Crippen molar-refractivity contribution in [1.29, 1.82) is 0 Å². The van der Waals surface area contributed by atoms with Crippen LogP contribution in [0.25, 0.3) is 21.3 Å². The van der Waals surface area contributed by atoms with Crippen molar-refractivity contribution in [3.8, 4) is 0 Å². The lowest BCUT2D eigenvalue weighted by molar-refractivity contribution is 0.0886. The third kappa shape index (κ3) is 3.02. The summed E-state index contributed by atoms with van der Waals surface area (Å²) in [6.45, 7) is 2.43. The van der Waals surface area contributed by atoms with Crippen LogP contribution < -0.4 is 0 Å². The Bertz CT molecular complexity index is 928. The number of rotatable bonds is 2. The molecule has 3 aromatic rings. The Morgan fingerprint density at radius 2 is 1.83 bits per heavy atom. The van der Waals surface area contributed by atoms with Gasteiger partial charge in [-0.05, 0) is 50.8 Å². The van der Waals surface area contributed by atoms with Gasteiger partial charge < -0.3 is 4.90 Å². The van der Waals surface area contributed by atoms with E-state index in [-0.39, 0.29) is 5.91 Å². The van der Waals surface area contributed by atoms with Gasteiger partial charge in [-0.3, -0.25) is 13.3 Å². The average Bonchev–Trinajstić information content (AvgIpc) is 2.60. The van der Waals surface area contributed by atoms with Crippen LogP contribution in [0.1, 0.15) is 10.4 Å². The third-order valence-corrected chi connectivity index (χ3v) is 4.77. The van der Waals surface area contributed by atoms with Gasteiger partial charge in [0.05, 0.1) is 27.8 Å². The molecule has 0 saturated carbocycles. The number of hydrogen-bond donors (Lipinski definition) is 0. The van der Waals surface area contributed by atoms with Gasteiger partial charge in [0.25, 0.3) is 0 Å². The monoisotopic (exact) mass is 327 g/mol. The minimum atomic E-state index is 0.0743. The van der Waals surface area contributed by atoms with E-state index in [9.17, 15) is 4.79 Å². The second kappa shape index (κ2) is 6.18. The highest BCUT2D eigenvalue weighted by atomic mass is 32.1. The Morgan fingerprint density at radius 1 is 1.09 bits per heavy atom. The molecular weight excluding hydrogens is 306 g/mol. The molecule has 4 nitrogen and oxygen atoms in total. The first-order valence-corrected chi connectivity index (χ1v) is 8.34. The number of benzene rings is 2. The molecule has 1 aromatic heterocycles. The zero-order valence-electron chi connectivity index (χ0n) is 13.9. The number of likely N-dealkylation sites (N-methyl/N-ethyl adjacent to an activating group) is 1. The Hall–Kier alpha value is -2.11. The summed E-state index contributed by atoms with van der Waals surface area (Å²) in [6, 6.07) is 14.3. The van der Waals surface area contributed by atoms with E-state index in [0.717, 1.165) is 26.8 Å². The molecule has 0 spiro atoms. The van der Waals surface area contributed by atoms with Crippen molar-refractivity contribution < 1.29 is 4.79 Å². The van der Waals surface area contributed by atoms with E-state index in [1.165, 1.54) is 0 Å². The van der Waals surface area contributed by atoms with Crippen LogP contribution in [0, 0.1) is 6.92 Å². The maximum atomic E-state index is 13.0. The molecule has 2 aromatic carbocycles. The lowest BCUT2D eigenvalue weighted by atomic mass is 10.2. The first kappa shape index (κ1) is 15.8. The van der Waals surface area contributed by atoms with Crippen molar-refractivity contribution in [3.05, 3.63) is 48.0 Å². The largest absolute Gasteiger partial charge is 0.301 e. The minimum absolute atomic E-state index is 0.0743. The number of nitrogens with zero attached hydrogens (tertiary/aromatic N) is 3. The molecular formula is C18H21N3OS. The molecule has 120 valence electrons. The molecule has 0 radical (unpaired) electrons. The molecule has 0 unspecified atom stereocenters. The van der Waals surface area contributed by atoms with Gasteiger partial charge in [-0.15, -0.1) is 0 Å². The molecule has 0 aliphatic heterocycles. The Labute approximate surface area is 140 Å². The highest BCUT2D eigenvalue weighted by Crippen LogP contribution is 2.24. The number of fused-ring (bicyclic) bond motifs is 2. The van der Waals surface area contributed by atoms with Crippen LogP contribution in [0.15, 0.2) is 42.5 Å². The lowest BCUT2D eigenvalue weighted by Crippen LogP contribution is -2.26. The highest BCUT2D eigenvalue weighted by Gasteiger charge is 2.13. The van der Waals surface area contributed by atoms with Gasteiger partial charge in [0.2, 0.25) is 5.91 Å². The Kier molecular flexibility index (Phi) is 4.24. The maximum absolute atomic E-state index is 13.0. The molecule has 0 aliphatic carbocycles. The quantitative estimate of drug-likeness (QED) is 0.716. The van der Waals surface area contributed by atoms with Gasteiger partial charge in [0, 0.05) is 7.05 Å². The SMILES string of the molecule is Cc1ccc2c(c1)n(C(=O)CN(C)C)c1ccccc1sn2C. The van der Waals surface area contributed by atoms with E-state index < -0.39 is 0 Å². The topological polar surface area (TPSA) is 30.2 Å². The maximum Gasteiger partial charge on any atom is 0.245 e. The zero-order chi connectivity index (χ0) is 16.6. The molecule has 0 fully saturated rings. The smallest absolute Gasteiger partial charge is 0.245 e. The summed E-state index contributed by atoms with van der Waals surface area (Å²) >= 11 is 1.65. The summed E-state index contributed by atoms with van der Waals surface area (Å²) in [4.78, 5) is 14.9. The average molecular weight is 327 g/mol. The standard InChI is InChI=1S/C18H21N3OS/c1-13-9-10-14-16(11-13)21(18(22)12-19(2)3)15-7-5-6-8-17(15)23-20(14)4/h5-11H,12H2,1-4H3. The minimum Gasteiger partial charge on any atom is -0.301 e. The van der Waals surface area contributed by atoms with E-state index >= 15 is 0 Å². The van der Waals surface area contributed by atoms with Crippen molar-refractivity contribution in [1.82, 2.24) is 13.4 Å². The van der Waals surface area contributed by atoms with Crippen LogP contribution in [-0.4, -0.2) is 40.0 Å². The summed E-state index contributed by atoms with van der Waals surface area (Å²) in [5.41, 5.74) is 4.07. The molecule has 5 heteroatoms. The fourth-order valence-corrected chi connectivity index (χ4v) is 3.67. The molecule has 0 aliphatic rings. The van der Waals surface area contributed by atoms with Gasteiger partial charge in [0.15, 0.2) is 0 Å². The van der Waals surface area contributed by atoms with Crippen LogP contribution in [0.2, 0.25) is 0 Å². The molecule has 23 heavy (non-hydrogen) atoms. The van der Waals surface area contributed by atoms with Crippen molar-refractivity contribution in [2.45, 2.75) is 6.92 Å². The van der Waals surface area contributed by atoms with Crippen molar-refractivity contribution in [2.75, 3.05) is 20.6 Å². The number of para-hydroxylation sites is 1. The van der Waals surface area contributed by atoms with Gasteiger partial charge >= 0.3 is 0 Å². The van der Waals surface area contributed by atoms with Gasteiger partial charge in [-0.1, -0.05) is 29.7 Å². The predicted molar refractivity (Wildman–Crippen MR) is 97.8 cm³/mol. The normalized spacial score (nSPS) is 11.3. The molecule has 0 bridgehead atoms. The molecule has 0 saturated heterocycles. The number of hydrogen-bond acceptors (Lipinski definition) is 3. The van der Waals surface area contributed by atoms with Crippen LogP contribution in [0.5, 0.6) is 0 Å². The summed E-state index contributed by atoms with van der Waals surface area (Å²) in [7, 11) is 5.87. The van der Waals surface area contributed by atoms with Crippen molar-refractivity contribution in [2.24, 2.45) is 7.05 Å². The first-order valence-electron chi connectivity index (χ1n) is 7.56. The molecule has 0 N–H and O–H groups in total. The van der Waals surface area contributed by atoms with Gasteiger partial charge in [-0.2, -0.15) is 0 Å². The summed E-state index contributed by atoms with van der Waals surface area (Å²) in [6.07, 6.45) is 0. The van der Waals surface area contributed by atoms with E-state index in [4.69, 9.17) is 0 Å². The number of carbonyl (C=O) groups excluding carboxylic acids is 1. The van der Waals surface area contributed by atoms with E-state index in [0.29, 0.717) is 6.54 Å². The second-order valence-corrected chi connectivity index (χ2v) is 7.19. The van der Waals surface area contributed by atoms with Crippen LogP contribution in [0.3, 0.4) is 0 Å². The fraction of sp³-hybridized carbons (Fsp3) is 0.278. The Morgan fingerprint density at radius 3 is 2.57 bits per heavy atom. The van der Waals surface area contributed by atoms with Crippen LogP contribution in [0.4, 0.5) is 0 Å². The van der Waals surface area contributed by atoms with Crippen LogP contribution in [-0.2, 0) is 7.05 Å². The van der Waals surface area contributed by atoms with E-state index in [2.05, 4.69) is 35.1 Å². The Balaban J connectivity index is 2.51.